The number of urea groups is 1. The van der Waals surface area contributed by atoms with E-state index in [0.29, 0.717) is 6.54 Å². The van der Waals surface area contributed by atoms with Crippen LogP contribution in [0, 0.1) is 0 Å². The zero-order chi connectivity index (χ0) is 13.9. The quantitative estimate of drug-likeness (QED) is 0.560. The second kappa shape index (κ2) is 9.25. The number of hydrogen-bond acceptors (Lipinski definition) is 2. The molecule has 0 heterocycles. The zero-order valence-corrected chi connectivity index (χ0v) is 11.9. The molecule has 0 fully saturated rings. The summed E-state index contributed by atoms with van der Waals surface area (Å²) in [5, 5.41) is 5.42. The lowest BCUT2D eigenvalue weighted by atomic mass is 10.1. The van der Waals surface area contributed by atoms with Crippen molar-refractivity contribution in [3.63, 3.8) is 0 Å². The molecule has 0 saturated carbocycles. The number of rotatable bonds is 8. The van der Waals surface area contributed by atoms with Gasteiger partial charge in [-0.15, -0.1) is 0 Å². The summed E-state index contributed by atoms with van der Waals surface area (Å²) in [5.41, 5.74) is 1.31. The summed E-state index contributed by atoms with van der Waals surface area (Å²) in [4.78, 5) is 11.3. The highest BCUT2D eigenvalue weighted by Crippen LogP contribution is 2.12. The molecule has 0 spiro atoms. The van der Waals surface area contributed by atoms with Gasteiger partial charge in [0.25, 0.3) is 0 Å². The lowest BCUT2D eigenvalue weighted by Gasteiger charge is -2.09. The lowest BCUT2D eigenvalue weighted by molar-refractivity contribution is 0.224. The first-order valence-corrected chi connectivity index (χ1v) is 6.99. The molecule has 0 unspecified atom stereocenters. The van der Waals surface area contributed by atoms with Crippen molar-refractivity contribution in [2.24, 2.45) is 0 Å². The minimum Gasteiger partial charge on any atom is -0.473 e. The van der Waals surface area contributed by atoms with E-state index in [0.717, 1.165) is 31.4 Å². The molecule has 0 aromatic heterocycles. The Balaban J connectivity index is 2.19. The van der Waals surface area contributed by atoms with Gasteiger partial charge >= 0.3 is 6.03 Å². The van der Waals surface area contributed by atoms with Crippen molar-refractivity contribution in [1.82, 2.24) is 10.6 Å². The molecule has 0 bridgehead atoms. The molecule has 1 rings (SSSR count). The van der Waals surface area contributed by atoms with Crippen LogP contribution < -0.4 is 15.4 Å². The fourth-order valence-corrected chi connectivity index (χ4v) is 1.67. The van der Waals surface area contributed by atoms with Gasteiger partial charge in [-0.25, -0.2) is 4.79 Å². The predicted molar refractivity (Wildman–Crippen MR) is 77.4 cm³/mol. The summed E-state index contributed by atoms with van der Waals surface area (Å²) < 4.78 is 5.44. The number of benzene rings is 1. The van der Waals surface area contributed by atoms with Gasteiger partial charge in [-0.1, -0.05) is 38.8 Å². The highest BCUT2D eigenvalue weighted by molar-refractivity contribution is 5.73. The maximum atomic E-state index is 11.3. The molecule has 0 aliphatic heterocycles. The zero-order valence-electron chi connectivity index (χ0n) is 11.9. The molecule has 0 saturated heterocycles. The smallest absolute Gasteiger partial charge is 0.317 e. The van der Waals surface area contributed by atoms with Gasteiger partial charge in [-0.2, -0.15) is 0 Å². The third-order valence-electron chi connectivity index (χ3n) is 2.75. The van der Waals surface area contributed by atoms with Crippen molar-refractivity contribution in [1.29, 1.82) is 0 Å². The molecule has 0 aliphatic carbocycles. The lowest BCUT2D eigenvalue weighted by Crippen LogP contribution is -2.38. The van der Waals surface area contributed by atoms with Crippen LogP contribution in [0.25, 0.3) is 0 Å². The topological polar surface area (TPSA) is 50.4 Å². The van der Waals surface area contributed by atoms with E-state index in [1.54, 1.807) is 0 Å². The maximum Gasteiger partial charge on any atom is 0.317 e. The van der Waals surface area contributed by atoms with E-state index < -0.39 is 0 Å². The SMILES string of the molecule is CCCCNC(=O)NCOc1ccc(CCC)cc1. The van der Waals surface area contributed by atoms with Gasteiger partial charge in [-0.3, -0.25) is 0 Å². The second-order valence-corrected chi connectivity index (χ2v) is 4.47. The van der Waals surface area contributed by atoms with Crippen LogP contribution in [0.2, 0.25) is 0 Å². The van der Waals surface area contributed by atoms with E-state index in [1.807, 2.05) is 12.1 Å². The Hall–Kier alpha value is -1.71. The number of carbonyl (C=O) groups excluding carboxylic acids is 1. The summed E-state index contributed by atoms with van der Waals surface area (Å²) in [5.74, 6) is 0.772. The van der Waals surface area contributed by atoms with Crippen LogP contribution in [-0.4, -0.2) is 19.3 Å². The van der Waals surface area contributed by atoms with Crippen LogP contribution in [0.3, 0.4) is 0 Å². The average Bonchev–Trinajstić information content (AvgIpc) is 2.41. The molecule has 2 amide bonds. The van der Waals surface area contributed by atoms with Crippen molar-refractivity contribution in [3.8, 4) is 5.75 Å². The standard InChI is InChI=1S/C15H24N2O2/c1-3-5-11-16-15(18)17-12-19-14-9-7-13(6-4-2)8-10-14/h7-10H,3-6,11-12H2,1-2H3,(H2,16,17,18). The largest absolute Gasteiger partial charge is 0.473 e. The van der Waals surface area contributed by atoms with Gasteiger partial charge in [0.15, 0.2) is 6.73 Å². The average molecular weight is 264 g/mol. The summed E-state index contributed by atoms with van der Waals surface area (Å²) in [6.07, 6.45) is 4.28. The van der Waals surface area contributed by atoms with Crippen LogP contribution in [0.4, 0.5) is 4.79 Å². The molecular weight excluding hydrogens is 240 g/mol. The van der Waals surface area contributed by atoms with E-state index in [1.165, 1.54) is 5.56 Å². The van der Waals surface area contributed by atoms with Crippen molar-refractivity contribution >= 4 is 6.03 Å². The number of hydrogen-bond donors (Lipinski definition) is 2. The van der Waals surface area contributed by atoms with E-state index in [2.05, 4.69) is 36.6 Å². The molecule has 4 heteroatoms. The van der Waals surface area contributed by atoms with Crippen LogP contribution >= 0.6 is 0 Å². The number of nitrogens with one attached hydrogen (secondary N) is 2. The van der Waals surface area contributed by atoms with Crippen molar-refractivity contribution in [3.05, 3.63) is 29.8 Å². The third kappa shape index (κ3) is 6.70. The molecule has 0 aliphatic rings. The van der Waals surface area contributed by atoms with E-state index in [9.17, 15) is 4.79 Å². The predicted octanol–water partition coefficient (Wildman–Crippen LogP) is 3.07. The van der Waals surface area contributed by atoms with Gasteiger partial charge in [0.05, 0.1) is 0 Å². The maximum absolute atomic E-state index is 11.3. The van der Waals surface area contributed by atoms with Gasteiger partial charge in [0.2, 0.25) is 0 Å². The number of amides is 2. The summed E-state index contributed by atoms with van der Waals surface area (Å²) in [6, 6.07) is 7.79. The first kappa shape index (κ1) is 15.3. The Morgan fingerprint density at radius 1 is 1.11 bits per heavy atom. The minimum atomic E-state index is -0.184. The molecule has 0 radical (unpaired) electrons. The number of carbonyl (C=O) groups is 1. The fourth-order valence-electron chi connectivity index (χ4n) is 1.67. The van der Waals surface area contributed by atoms with Gasteiger partial charge in [0.1, 0.15) is 5.75 Å². The third-order valence-corrected chi connectivity index (χ3v) is 2.75. The molecule has 1 aromatic carbocycles. The first-order chi connectivity index (χ1) is 9.26. The van der Waals surface area contributed by atoms with Crippen LogP contribution in [0.1, 0.15) is 38.7 Å². The molecule has 1 aromatic rings. The van der Waals surface area contributed by atoms with Gasteiger partial charge < -0.3 is 15.4 Å². The summed E-state index contributed by atoms with van der Waals surface area (Å²) in [6.45, 7) is 5.13. The Bertz CT molecular complexity index is 363. The van der Waals surface area contributed by atoms with Crippen molar-refractivity contribution in [2.45, 2.75) is 39.5 Å². The minimum absolute atomic E-state index is 0.184. The van der Waals surface area contributed by atoms with E-state index in [4.69, 9.17) is 4.74 Å². The fraction of sp³-hybridized carbons (Fsp3) is 0.533. The van der Waals surface area contributed by atoms with Crippen LogP contribution in [0.15, 0.2) is 24.3 Å². The molecule has 106 valence electrons. The number of aryl methyl sites for hydroxylation is 1. The van der Waals surface area contributed by atoms with Crippen molar-refractivity contribution in [2.75, 3.05) is 13.3 Å². The highest BCUT2D eigenvalue weighted by Gasteiger charge is 1.99. The Kier molecular flexibility index (Phi) is 7.47. The van der Waals surface area contributed by atoms with Gasteiger partial charge in [0, 0.05) is 6.54 Å². The summed E-state index contributed by atoms with van der Waals surface area (Å²) >= 11 is 0. The highest BCUT2D eigenvalue weighted by atomic mass is 16.5. The summed E-state index contributed by atoms with van der Waals surface area (Å²) in [7, 11) is 0. The van der Waals surface area contributed by atoms with Gasteiger partial charge in [-0.05, 0) is 30.5 Å². The van der Waals surface area contributed by atoms with Crippen LogP contribution in [0.5, 0.6) is 5.75 Å². The number of unbranched alkanes of at least 4 members (excludes halogenated alkanes) is 1. The van der Waals surface area contributed by atoms with Crippen LogP contribution in [-0.2, 0) is 6.42 Å². The second-order valence-electron chi connectivity index (χ2n) is 4.47. The molecule has 0 atom stereocenters. The normalized spacial score (nSPS) is 10.0. The molecule has 19 heavy (non-hydrogen) atoms. The molecular formula is C15H24N2O2. The molecule has 2 N–H and O–H groups in total. The Labute approximate surface area is 115 Å². The van der Waals surface area contributed by atoms with Crippen molar-refractivity contribution < 1.29 is 9.53 Å². The van der Waals surface area contributed by atoms with E-state index >= 15 is 0 Å². The Morgan fingerprint density at radius 3 is 2.47 bits per heavy atom. The molecule has 4 nitrogen and oxygen atoms in total. The van der Waals surface area contributed by atoms with E-state index in [-0.39, 0.29) is 12.8 Å². The monoisotopic (exact) mass is 264 g/mol. The first-order valence-electron chi connectivity index (χ1n) is 6.99. The Morgan fingerprint density at radius 2 is 1.84 bits per heavy atom. The number of ether oxygens (including phenoxy) is 1.